The molecule has 0 fully saturated rings. The quantitative estimate of drug-likeness (QED) is 0.551. The number of amides is 1. The minimum atomic E-state index is -0.492. The van der Waals surface area contributed by atoms with Gasteiger partial charge in [-0.05, 0) is 55.3 Å². The van der Waals surface area contributed by atoms with Crippen LogP contribution in [0.25, 0.3) is 11.3 Å². The summed E-state index contributed by atoms with van der Waals surface area (Å²) in [6.07, 6.45) is 0. The molecule has 1 N–H and O–H groups in total. The molecule has 1 amide bonds. The van der Waals surface area contributed by atoms with E-state index < -0.39 is 10.8 Å². The lowest BCUT2D eigenvalue weighted by Crippen LogP contribution is -2.10. The molecular formula is C19H16N2O4. The van der Waals surface area contributed by atoms with E-state index >= 15 is 0 Å². The van der Waals surface area contributed by atoms with Gasteiger partial charge in [0.2, 0.25) is 0 Å². The van der Waals surface area contributed by atoms with Crippen LogP contribution < -0.4 is 5.32 Å². The summed E-state index contributed by atoms with van der Waals surface area (Å²) >= 11 is 0. The number of non-ortho nitro benzene ring substituents is 1. The fourth-order valence-corrected chi connectivity index (χ4v) is 2.37. The lowest BCUT2D eigenvalue weighted by Gasteiger charge is -2.04. The number of carbonyl (C=O) groups excluding carboxylic acids is 1. The van der Waals surface area contributed by atoms with E-state index in [0.717, 1.165) is 11.1 Å². The lowest BCUT2D eigenvalue weighted by atomic mass is 10.1. The first-order chi connectivity index (χ1) is 11.9. The Bertz CT molecular complexity index is 942. The number of aryl methyl sites for hydroxylation is 2. The van der Waals surface area contributed by atoms with Gasteiger partial charge in [0.15, 0.2) is 5.76 Å². The van der Waals surface area contributed by atoms with Crippen LogP contribution in [0.1, 0.15) is 21.7 Å². The van der Waals surface area contributed by atoms with Crippen molar-refractivity contribution in [2.75, 3.05) is 5.32 Å². The smallest absolute Gasteiger partial charge is 0.291 e. The number of furan rings is 1. The minimum Gasteiger partial charge on any atom is -0.451 e. The Hall–Kier alpha value is -3.41. The van der Waals surface area contributed by atoms with E-state index in [1.54, 1.807) is 12.1 Å². The van der Waals surface area contributed by atoms with Crippen molar-refractivity contribution in [1.29, 1.82) is 0 Å². The van der Waals surface area contributed by atoms with Gasteiger partial charge >= 0.3 is 0 Å². The second-order valence-corrected chi connectivity index (χ2v) is 5.72. The first-order valence-corrected chi connectivity index (χ1v) is 7.67. The Kier molecular flexibility index (Phi) is 4.35. The summed E-state index contributed by atoms with van der Waals surface area (Å²) in [5.41, 5.74) is 3.66. The van der Waals surface area contributed by atoms with Crippen molar-refractivity contribution in [3.05, 3.63) is 81.6 Å². The summed E-state index contributed by atoms with van der Waals surface area (Å²) in [5.74, 6) is 0.368. The molecule has 0 unspecified atom stereocenters. The maximum atomic E-state index is 12.3. The van der Waals surface area contributed by atoms with Crippen molar-refractivity contribution in [3.8, 4) is 11.3 Å². The molecule has 3 rings (SSSR count). The fraction of sp³-hybridized carbons (Fsp3) is 0.105. The topological polar surface area (TPSA) is 85.4 Å². The number of hydrogen-bond acceptors (Lipinski definition) is 4. The highest BCUT2D eigenvalue weighted by Gasteiger charge is 2.13. The van der Waals surface area contributed by atoms with Gasteiger partial charge in [0.1, 0.15) is 5.76 Å². The molecule has 2 aromatic carbocycles. The van der Waals surface area contributed by atoms with Gasteiger partial charge in [0, 0.05) is 23.4 Å². The first kappa shape index (κ1) is 16.4. The van der Waals surface area contributed by atoms with Crippen LogP contribution in [0, 0.1) is 24.0 Å². The number of nitro benzene ring substituents is 1. The van der Waals surface area contributed by atoms with Crippen molar-refractivity contribution < 1.29 is 14.1 Å². The molecule has 0 saturated heterocycles. The van der Waals surface area contributed by atoms with E-state index in [2.05, 4.69) is 5.32 Å². The van der Waals surface area contributed by atoms with E-state index in [9.17, 15) is 14.9 Å². The summed E-state index contributed by atoms with van der Waals surface area (Å²) in [7, 11) is 0. The van der Waals surface area contributed by atoms with Gasteiger partial charge in [0.05, 0.1) is 4.92 Å². The Morgan fingerprint density at radius 1 is 1.00 bits per heavy atom. The fourth-order valence-electron chi connectivity index (χ4n) is 2.37. The monoisotopic (exact) mass is 336 g/mol. The molecule has 0 saturated carbocycles. The number of nitrogens with one attached hydrogen (secondary N) is 1. The molecular weight excluding hydrogens is 320 g/mol. The van der Waals surface area contributed by atoms with Crippen molar-refractivity contribution in [1.82, 2.24) is 0 Å². The number of nitrogens with zero attached hydrogens (tertiary/aromatic N) is 1. The second kappa shape index (κ2) is 6.60. The molecule has 25 heavy (non-hydrogen) atoms. The van der Waals surface area contributed by atoms with Crippen molar-refractivity contribution >= 4 is 17.3 Å². The van der Waals surface area contributed by atoms with Crippen molar-refractivity contribution in [2.45, 2.75) is 13.8 Å². The highest BCUT2D eigenvalue weighted by Crippen LogP contribution is 2.25. The second-order valence-electron chi connectivity index (χ2n) is 5.72. The summed E-state index contributed by atoms with van der Waals surface area (Å²) in [4.78, 5) is 22.4. The van der Waals surface area contributed by atoms with Gasteiger partial charge in [-0.15, -0.1) is 0 Å². The van der Waals surface area contributed by atoms with Gasteiger partial charge in [-0.2, -0.15) is 0 Å². The Labute approximate surface area is 144 Å². The summed E-state index contributed by atoms with van der Waals surface area (Å²) in [6, 6.07) is 14.9. The molecule has 1 heterocycles. The van der Waals surface area contributed by atoms with Crippen molar-refractivity contribution in [2.24, 2.45) is 0 Å². The molecule has 0 aliphatic heterocycles. The predicted molar refractivity (Wildman–Crippen MR) is 94.7 cm³/mol. The number of nitro groups is 1. The summed E-state index contributed by atoms with van der Waals surface area (Å²) < 4.78 is 5.64. The number of rotatable bonds is 4. The van der Waals surface area contributed by atoms with Gasteiger partial charge in [0.25, 0.3) is 11.6 Å². The number of hydrogen-bond donors (Lipinski definition) is 1. The molecule has 6 nitrogen and oxygen atoms in total. The molecule has 0 radical (unpaired) electrons. The van der Waals surface area contributed by atoms with Gasteiger partial charge in [-0.25, -0.2) is 0 Å². The Morgan fingerprint density at radius 3 is 2.36 bits per heavy atom. The summed E-state index contributed by atoms with van der Waals surface area (Å²) in [6.45, 7) is 4.05. The number of anilines is 1. The zero-order valence-electron chi connectivity index (χ0n) is 13.8. The maximum Gasteiger partial charge on any atom is 0.291 e. The molecule has 126 valence electrons. The van der Waals surface area contributed by atoms with Gasteiger partial charge in [-0.1, -0.05) is 12.1 Å². The zero-order chi connectivity index (χ0) is 18.0. The molecule has 6 heteroatoms. The van der Waals surface area contributed by atoms with Crippen LogP contribution in [0.2, 0.25) is 0 Å². The molecule has 0 aliphatic rings. The highest BCUT2D eigenvalue weighted by atomic mass is 16.6. The molecule has 0 aliphatic carbocycles. The van der Waals surface area contributed by atoms with E-state index in [1.807, 2.05) is 32.0 Å². The zero-order valence-corrected chi connectivity index (χ0v) is 13.8. The van der Waals surface area contributed by atoms with Crippen LogP contribution in [0.5, 0.6) is 0 Å². The largest absolute Gasteiger partial charge is 0.451 e. The Balaban J connectivity index is 1.76. The van der Waals surface area contributed by atoms with Crippen LogP contribution >= 0.6 is 0 Å². The third-order valence-electron chi connectivity index (χ3n) is 3.96. The minimum absolute atomic E-state index is 0.0342. The van der Waals surface area contributed by atoms with E-state index in [0.29, 0.717) is 11.4 Å². The van der Waals surface area contributed by atoms with Gasteiger partial charge < -0.3 is 9.73 Å². The first-order valence-electron chi connectivity index (χ1n) is 7.67. The highest BCUT2D eigenvalue weighted by molar-refractivity contribution is 6.02. The van der Waals surface area contributed by atoms with Crippen LogP contribution in [0.4, 0.5) is 11.4 Å². The maximum absolute atomic E-state index is 12.3. The average Bonchev–Trinajstić information content (AvgIpc) is 3.08. The molecule has 0 atom stereocenters. The number of benzene rings is 2. The van der Waals surface area contributed by atoms with E-state index in [4.69, 9.17) is 4.42 Å². The third-order valence-corrected chi connectivity index (χ3v) is 3.96. The van der Waals surface area contributed by atoms with Crippen LogP contribution in [0.15, 0.2) is 59.0 Å². The molecule has 1 aromatic heterocycles. The third kappa shape index (κ3) is 3.58. The van der Waals surface area contributed by atoms with E-state index in [-0.39, 0.29) is 11.4 Å². The molecule has 3 aromatic rings. The van der Waals surface area contributed by atoms with Gasteiger partial charge in [-0.3, -0.25) is 14.9 Å². The van der Waals surface area contributed by atoms with Crippen LogP contribution in [-0.4, -0.2) is 10.8 Å². The van der Waals surface area contributed by atoms with E-state index in [1.165, 1.54) is 29.8 Å². The predicted octanol–water partition coefficient (Wildman–Crippen LogP) is 4.72. The standard InChI is InChI=1S/C19H16N2O4/c1-12-3-4-14(11-13(12)2)17-9-10-18(25-17)19(22)20-15-5-7-16(8-6-15)21(23)24/h3-11H,1-2H3,(H,20,22). The number of carbonyl (C=O) groups is 1. The summed E-state index contributed by atoms with van der Waals surface area (Å²) in [5, 5.41) is 13.3. The van der Waals surface area contributed by atoms with Crippen molar-refractivity contribution in [3.63, 3.8) is 0 Å². The Morgan fingerprint density at radius 2 is 1.72 bits per heavy atom. The van der Waals surface area contributed by atoms with Crippen LogP contribution in [0.3, 0.4) is 0 Å². The normalized spacial score (nSPS) is 10.5. The molecule has 0 bridgehead atoms. The SMILES string of the molecule is Cc1ccc(-c2ccc(C(=O)Nc3ccc([N+](=O)[O-])cc3)o2)cc1C. The molecule has 0 spiro atoms. The lowest BCUT2D eigenvalue weighted by molar-refractivity contribution is -0.384. The van der Waals surface area contributed by atoms with Crippen LogP contribution in [-0.2, 0) is 0 Å². The average molecular weight is 336 g/mol.